The van der Waals surface area contributed by atoms with Crippen molar-refractivity contribution in [2.24, 2.45) is 0 Å². The highest BCUT2D eigenvalue weighted by Crippen LogP contribution is 2.28. The van der Waals surface area contributed by atoms with Crippen molar-refractivity contribution in [1.82, 2.24) is 4.98 Å². The van der Waals surface area contributed by atoms with Crippen LogP contribution in [0.5, 0.6) is 0 Å². The lowest BCUT2D eigenvalue weighted by molar-refractivity contribution is 0.0527. The molecule has 0 saturated carbocycles. The van der Waals surface area contributed by atoms with Gasteiger partial charge in [0.25, 0.3) is 0 Å². The average Bonchev–Trinajstić information content (AvgIpc) is 2.30. The van der Waals surface area contributed by atoms with Crippen LogP contribution in [0.25, 0.3) is 10.9 Å². The van der Waals surface area contributed by atoms with E-state index in [4.69, 9.17) is 22.1 Å². The van der Waals surface area contributed by atoms with Gasteiger partial charge in [0, 0.05) is 16.6 Å². The number of hydrogen-bond acceptors (Lipinski definition) is 4. The van der Waals surface area contributed by atoms with Crippen molar-refractivity contribution < 1.29 is 13.9 Å². The average molecular weight is 269 g/mol. The minimum atomic E-state index is -0.593. The lowest BCUT2D eigenvalue weighted by atomic mass is 10.1. The van der Waals surface area contributed by atoms with E-state index in [2.05, 4.69) is 4.98 Å². The number of pyridine rings is 1. The number of ether oxygens (including phenoxy) is 1. The normalized spacial score (nSPS) is 10.6. The standard InChI is InChI=1S/C12H10ClFN2O2/c1-2-18-12(17)8-5-16-11-7(10(8)15)3-6(13)4-9(11)14/h3-5H,2H2,1H3,(H2,15,16). The van der Waals surface area contributed by atoms with E-state index in [1.165, 1.54) is 12.3 Å². The largest absolute Gasteiger partial charge is 0.462 e. The molecule has 2 rings (SSSR count). The van der Waals surface area contributed by atoms with Crippen molar-refractivity contribution in [2.45, 2.75) is 6.92 Å². The van der Waals surface area contributed by atoms with Crippen LogP contribution in [-0.2, 0) is 4.74 Å². The van der Waals surface area contributed by atoms with Gasteiger partial charge in [0.1, 0.15) is 11.1 Å². The molecule has 0 fully saturated rings. The molecule has 1 heterocycles. The van der Waals surface area contributed by atoms with E-state index in [1.54, 1.807) is 6.92 Å². The number of halogens is 2. The van der Waals surface area contributed by atoms with Gasteiger partial charge in [-0.3, -0.25) is 4.98 Å². The van der Waals surface area contributed by atoms with Gasteiger partial charge >= 0.3 is 5.97 Å². The Bertz CT molecular complexity index is 631. The number of carbonyl (C=O) groups is 1. The molecule has 0 aliphatic rings. The van der Waals surface area contributed by atoms with Crippen LogP contribution in [0.4, 0.5) is 10.1 Å². The molecule has 1 aromatic carbocycles. The Morgan fingerprint density at radius 1 is 1.56 bits per heavy atom. The number of benzene rings is 1. The van der Waals surface area contributed by atoms with Crippen LogP contribution in [0.1, 0.15) is 17.3 Å². The van der Waals surface area contributed by atoms with Crippen molar-refractivity contribution in [3.05, 3.63) is 34.7 Å². The maximum atomic E-state index is 13.6. The molecule has 6 heteroatoms. The van der Waals surface area contributed by atoms with Crippen LogP contribution in [-0.4, -0.2) is 17.6 Å². The monoisotopic (exact) mass is 268 g/mol. The van der Waals surface area contributed by atoms with Crippen LogP contribution in [0.3, 0.4) is 0 Å². The van der Waals surface area contributed by atoms with Crippen LogP contribution in [0, 0.1) is 5.82 Å². The second-order valence-corrected chi connectivity index (χ2v) is 4.03. The fourth-order valence-electron chi connectivity index (χ4n) is 1.62. The number of hydrogen-bond donors (Lipinski definition) is 1. The minimum Gasteiger partial charge on any atom is -0.462 e. The summed E-state index contributed by atoms with van der Waals surface area (Å²) in [6, 6.07) is 2.60. The van der Waals surface area contributed by atoms with Crippen molar-refractivity contribution in [3.63, 3.8) is 0 Å². The molecule has 0 unspecified atom stereocenters. The Morgan fingerprint density at radius 3 is 2.94 bits per heavy atom. The van der Waals surface area contributed by atoms with Gasteiger partial charge in [-0.25, -0.2) is 9.18 Å². The number of nitrogens with zero attached hydrogens (tertiary/aromatic N) is 1. The summed E-state index contributed by atoms with van der Waals surface area (Å²) in [6.45, 7) is 1.90. The van der Waals surface area contributed by atoms with Crippen molar-refractivity contribution in [3.8, 4) is 0 Å². The number of rotatable bonds is 2. The van der Waals surface area contributed by atoms with Gasteiger partial charge in [-0.15, -0.1) is 0 Å². The highest BCUT2D eigenvalue weighted by molar-refractivity contribution is 6.31. The van der Waals surface area contributed by atoms with Gasteiger partial charge in [-0.1, -0.05) is 11.6 Å². The third-order valence-electron chi connectivity index (χ3n) is 2.43. The second kappa shape index (κ2) is 4.78. The Kier molecular flexibility index (Phi) is 3.34. The smallest absolute Gasteiger partial charge is 0.341 e. The molecule has 0 aliphatic carbocycles. The van der Waals surface area contributed by atoms with Gasteiger partial charge in [-0.05, 0) is 19.1 Å². The lowest BCUT2D eigenvalue weighted by Gasteiger charge is -2.08. The Hall–Kier alpha value is -1.88. The summed E-state index contributed by atoms with van der Waals surface area (Å²) in [6.07, 6.45) is 1.20. The summed E-state index contributed by atoms with van der Waals surface area (Å²) < 4.78 is 18.4. The van der Waals surface area contributed by atoms with Gasteiger partial charge in [0.15, 0.2) is 5.82 Å². The molecule has 4 nitrogen and oxygen atoms in total. The molecular weight excluding hydrogens is 259 g/mol. The number of anilines is 1. The Morgan fingerprint density at radius 2 is 2.28 bits per heavy atom. The molecule has 0 spiro atoms. The maximum Gasteiger partial charge on any atom is 0.341 e. The SMILES string of the molecule is CCOC(=O)c1cnc2c(F)cc(Cl)cc2c1N. The number of nitrogen functional groups attached to an aromatic ring is 1. The lowest BCUT2D eigenvalue weighted by Crippen LogP contribution is -2.09. The van der Waals surface area contributed by atoms with Gasteiger partial charge in [0.2, 0.25) is 0 Å². The number of fused-ring (bicyclic) bond motifs is 1. The van der Waals surface area contributed by atoms with E-state index >= 15 is 0 Å². The summed E-state index contributed by atoms with van der Waals surface area (Å²) in [4.78, 5) is 15.5. The predicted molar refractivity (Wildman–Crippen MR) is 67.1 cm³/mol. The Balaban J connectivity index is 2.67. The molecule has 2 N–H and O–H groups in total. The van der Waals surface area contributed by atoms with E-state index in [0.29, 0.717) is 5.39 Å². The number of esters is 1. The first-order valence-corrected chi connectivity index (χ1v) is 5.62. The van der Waals surface area contributed by atoms with Gasteiger partial charge < -0.3 is 10.5 Å². The van der Waals surface area contributed by atoms with Crippen LogP contribution < -0.4 is 5.73 Å². The summed E-state index contributed by atoms with van der Waals surface area (Å²) in [7, 11) is 0. The molecule has 1 aromatic heterocycles. The number of aromatic nitrogens is 1. The van der Waals surface area contributed by atoms with E-state index < -0.39 is 11.8 Å². The molecule has 94 valence electrons. The number of carbonyl (C=O) groups excluding carboxylic acids is 1. The molecule has 18 heavy (non-hydrogen) atoms. The highest BCUT2D eigenvalue weighted by atomic mass is 35.5. The van der Waals surface area contributed by atoms with Gasteiger partial charge in [-0.2, -0.15) is 0 Å². The zero-order valence-corrected chi connectivity index (χ0v) is 10.3. The third-order valence-corrected chi connectivity index (χ3v) is 2.64. The number of nitrogens with two attached hydrogens (primary N) is 1. The Labute approximate surface area is 108 Å². The van der Waals surface area contributed by atoms with Crippen molar-refractivity contribution in [2.75, 3.05) is 12.3 Å². The van der Waals surface area contributed by atoms with E-state index in [0.717, 1.165) is 6.07 Å². The first-order valence-electron chi connectivity index (χ1n) is 5.25. The van der Waals surface area contributed by atoms with Crippen LogP contribution >= 0.6 is 11.6 Å². The molecule has 0 saturated heterocycles. The molecule has 2 aromatic rings. The van der Waals surface area contributed by atoms with E-state index in [1.807, 2.05) is 0 Å². The molecule has 0 radical (unpaired) electrons. The predicted octanol–water partition coefficient (Wildman–Crippen LogP) is 2.79. The topological polar surface area (TPSA) is 65.2 Å². The summed E-state index contributed by atoms with van der Waals surface area (Å²) in [5.41, 5.74) is 6.11. The molecular formula is C12H10ClFN2O2. The first kappa shape index (κ1) is 12.6. The van der Waals surface area contributed by atoms with Crippen molar-refractivity contribution >= 4 is 34.2 Å². The van der Waals surface area contributed by atoms with Crippen LogP contribution in [0.2, 0.25) is 5.02 Å². The fraction of sp³-hybridized carbons (Fsp3) is 0.167. The first-order chi connectivity index (χ1) is 8.54. The fourth-order valence-corrected chi connectivity index (χ4v) is 1.82. The maximum absolute atomic E-state index is 13.6. The zero-order chi connectivity index (χ0) is 13.3. The highest BCUT2D eigenvalue weighted by Gasteiger charge is 2.16. The van der Waals surface area contributed by atoms with E-state index in [9.17, 15) is 9.18 Å². The summed E-state index contributed by atoms with van der Waals surface area (Å²) in [5.74, 6) is -1.18. The molecule has 0 aliphatic heterocycles. The quantitative estimate of drug-likeness (QED) is 0.851. The second-order valence-electron chi connectivity index (χ2n) is 3.59. The van der Waals surface area contributed by atoms with Crippen LogP contribution in [0.15, 0.2) is 18.3 Å². The molecule has 0 atom stereocenters. The van der Waals surface area contributed by atoms with Gasteiger partial charge in [0.05, 0.1) is 12.3 Å². The van der Waals surface area contributed by atoms with Crippen molar-refractivity contribution in [1.29, 1.82) is 0 Å². The minimum absolute atomic E-state index is 0.0740. The summed E-state index contributed by atoms with van der Waals surface area (Å²) in [5, 5.41) is 0.486. The molecule has 0 amide bonds. The molecule has 0 bridgehead atoms. The van der Waals surface area contributed by atoms with E-state index in [-0.39, 0.29) is 28.4 Å². The summed E-state index contributed by atoms with van der Waals surface area (Å²) >= 11 is 5.75. The third kappa shape index (κ3) is 2.09. The zero-order valence-electron chi connectivity index (χ0n) is 9.54.